The van der Waals surface area contributed by atoms with E-state index in [4.69, 9.17) is 5.73 Å². The molecule has 0 radical (unpaired) electrons. The maximum absolute atomic E-state index is 13.8. The number of halogens is 2. The lowest BCUT2D eigenvalue weighted by Crippen LogP contribution is -2.70. The van der Waals surface area contributed by atoms with E-state index in [2.05, 4.69) is 15.4 Å². The molecule has 0 bridgehead atoms. The molecule has 10 nitrogen and oxygen atoms in total. The Bertz CT molecular complexity index is 1370. The van der Waals surface area contributed by atoms with Gasteiger partial charge in [-0.3, -0.25) is 24.1 Å². The summed E-state index contributed by atoms with van der Waals surface area (Å²) in [7, 11) is 3.21. The van der Waals surface area contributed by atoms with Crippen molar-refractivity contribution in [3.8, 4) is 0 Å². The molecular weight excluding hydrogens is 496 g/mol. The third-order valence-electron chi connectivity index (χ3n) is 6.70. The van der Waals surface area contributed by atoms with Gasteiger partial charge in [0.05, 0.1) is 18.2 Å². The van der Waals surface area contributed by atoms with Gasteiger partial charge in [-0.2, -0.15) is 5.10 Å². The monoisotopic (exact) mass is 525 g/mol. The van der Waals surface area contributed by atoms with Gasteiger partial charge in [0.2, 0.25) is 5.91 Å². The third kappa shape index (κ3) is 5.06. The molecule has 1 aromatic carbocycles. The van der Waals surface area contributed by atoms with E-state index in [1.165, 1.54) is 21.8 Å². The average molecular weight is 526 g/mol. The number of benzene rings is 1. The predicted molar refractivity (Wildman–Crippen MR) is 136 cm³/mol. The predicted octanol–water partition coefficient (Wildman–Crippen LogP) is 2.88. The Morgan fingerprint density at radius 3 is 2.53 bits per heavy atom. The number of rotatable bonds is 7. The fourth-order valence-electron chi connectivity index (χ4n) is 4.77. The van der Waals surface area contributed by atoms with E-state index >= 15 is 0 Å². The Labute approximate surface area is 218 Å². The van der Waals surface area contributed by atoms with E-state index in [-0.39, 0.29) is 12.2 Å². The van der Waals surface area contributed by atoms with E-state index in [0.29, 0.717) is 29.1 Å². The van der Waals surface area contributed by atoms with Crippen LogP contribution >= 0.6 is 0 Å². The molecule has 38 heavy (non-hydrogen) atoms. The highest BCUT2D eigenvalue weighted by Gasteiger charge is 2.55. The quantitative estimate of drug-likeness (QED) is 0.457. The van der Waals surface area contributed by atoms with Gasteiger partial charge in [-0.05, 0) is 55.2 Å². The summed E-state index contributed by atoms with van der Waals surface area (Å²) in [6, 6.07) is 5.76. The molecule has 0 spiro atoms. The van der Waals surface area contributed by atoms with Crippen LogP contribution in [0.2, 0.25) is 0 Å². The first-order chi connectivity index (χ1) is 18.0. The lowest BCUT2D eigenvalue weighted by atomic mass is 9.81. The van der Waals surface area contributed by atoms with Gasteiger partial charge in [-0.15, -0.1) is 0 Å². The minimum atomic E-state index is -1.11. The summed E-state index contributed by atoms with van der Waals surface area (Å²) < 4.78 is 28.8. The van der Waals surface area contributed by atoms with Crippen LogP contribution in [0.15, 0.2) is 42.6 Å². The number of pyridine rings is 1. The SMILES string of the molecule is CCC(NC(=O)N1C(=O)[C@H](Cc2cc(C)nc(N)c2)[C@H]1C(=O)N(C)c1ccnn1C)c1ccc(F)c(F)c1. The van der Waals surface area contributed by atoms with Crippen LogP contribution in [0.5, 0.6) is 0 Å². The van der Waals surface area contributed by atoms with Gasteiger partial charge in [0.1, 0.15) is 17.7 Å². The molecule has 12 heteroatoms. The molecule has 1 aliphatic heterocycles. The number of aryl methyl sites for hydroxylation is 2. The van der Waals surface area contributed by atoms with Gasteiger partial charge in [0, 0.05) is 25.9 Å². The Kier molecular flexibility index (Phi) is 7.42. The van der Waals surface area contributed by atoms with Crippen molar-refractivity contribution in [3.05, 3.63) is 71.1 Å². The smallest absolute Gasteiger partial charge is 0.325 e. The Balaban J connectivity index is 1.62. The minimum Gasteiger partial charge on any atom is -0.384 e. The number of likely N-dealkylation sites (tertiary alicyclic amines) is 1. The van der Waals surface area contributed by atoms with Crippen molar-refractivity contribution in [1.29, 1.82) is 0 Å². The van der Waals surface area contributed by atoms with Gasteiger partial charge < -0.3 is 11.1 Å². The van der Waals surface area contributed by atoms with E-state index in [0.717, 1.165) is 17.0 Å². The first-order valence-corrected chi connectivity index (χ1v) is 12.1. The molecule has 4 amide bonds. The molecule has 1 unspecified atom stereocenters. The molecule has 3 N–H and O–H groups in total. The number of anilines is 2. The van der Waals surface area contributed by atoms with Gasteiger partial charge in [-0.1, -0.05) is 13.0 Å². The number of carbonyl (C=O) groups excluding carboxylic acids is 3. The number of nitrogens with zero attached hydrogens (tertiary/aromatic N) is 5. The second-order valence-electron chi connectivity index (χ2n) is 9.30. The highest BCUT2D eigenvalue weighted by Crippen LogP contribution is 2.33. The van der Waals surface area contributed by atoms with Crippen molar-refractivity contribution in [2.24, 2.45) is 13.0 Å². The molecule has 2 aromatic heterocycles. The number of nitrogens with one attached hydrogen (secondary N) is 1. The molecular formula is C26H29F2N7O3. The minimum absolute atomic E-state index is 0.173. The Morgan fingerprint density at radius 2 is 1.92 bits per heavy atom. The molecule has 0 saturated carbocycles. The summed E-state index contributed by atoms with van der Waals surface area (Å²) in [5.74, 6) is -3.13. The zero-order valence-corrected chi connectivity index (χ0v) is 21.5. The molecule has 1 aliphatic rings. The summed E-state index contributed by atoms with van der Waals surface area (Å²) in [6.07, 6.45) is 2.04. The van der Waals surface area contributed by atoms with Crippen LogP contribution in [0.1, 0.15) is 36.2 Å². The standard InChI is InChI=1S/C26H29F2N7O3/c1-5-20(16-6-7-18(27)19(28)13-16)32-26(38)35-23(25(37)33(3)22-8-9-30-34(22)4)17(24(35)36)11-15-10-14(2)31-21(29)12-15/h6-10,12-13,17,20,23H,5,11H2,1-4H3,(H2,29,31)(H,32,38)/t17-,20?,23+/m1/s1. The molecule has 3 heterocycles. The summed E-state index contributed by atoms with van der Waals surface area (Å²) in [5.41, 5.74) is 7.57. The fourth-order valence-corrected chi connectivity index (χ4v) is 4.77. The van der Waals surface area contributed by atoms with Crippen LogP contribution in [0.4, 0.5) is 25.2 Å². The third-order valence-corrected chi connectivity index (χ3v) is 6.70. The fraction of sp³-hybridized carbons (Fsp3) is 0.346. The highest BCUT2D eigenvalue weighted by atomic mass is 19.2. The topological polar surface area (TPSA) is 126 Å². The van der Waals surface area contributed by atoms with Crippen molar-refractivity contribution in [2.45, 2.75) is 38.8 Å². The maximum atomic E-state index is 13.8. The molecule has 3 aromatic rings. The summed E-state index contributed by atoms with van der Waals surface area (Å²) in [4.78, 5) is 46.7. The number of hydrogen-bond donors (Lipinski definition) is 2. The average Bonchev–Trinajstić information content (AvgIpc) is 3.30. The van der Waals surface area contributed by atoms with Gasteiger partial charge in [-0.25, -0.2) is 18.6 Å². The van der Waals surface area contributed by atoms with Crippen molar-refractivity contribution >= 4 is 29.5 Å². The second-order valence-corrected chi connectivity index (χ2v) is 9.30. The largest absolute Gasteiger partial charge is 0.384 e. The van der Waals surface area contributed by atoms with Crippen LogP contribution in [-0.4, -0.2) is 50.6 Å². The zero-order chi connectivity index (χ0) is 27.7. The summed E-state index contributed by atoms with van der Waals surface area (Å²) in [5, 5.41) is 6.77. The maximum Gasteiger partial charge on any atom is 0.325 e. The van der Waals surface area contributed by atoms with Crippen molar-refractivity contribution in [1.82, 2.24) is 25.0 Å². The number of nitrogens with two attached hydrogens (primary N) is 1. The normalized spacial score (nSPS) is 17.6. The number of amides is 4. The number of imide groups is 1. The van der Waals surface area contributed by atoms with Crippen molar-refractivity contribution in [2.75, 3.05) is 17.7 Å². The first kappa shape index (κ1) is 26.7. The summed E-state index contributed by atoms with van der Waals surface area (Å²) in [6.45, 7) is 3.52. The molecule has 1 fully saturated rings. The van der Waals surface area contributed by atoms with Crippen LogP contribution in [0, 0.1) is 24.5 Å². The number of aromatic nitrogens is 3. The van der Waals surface area contributed by atoms with Crippen molar-refractivity contribution in [3.63, 3.8) is 0 Å². The van der Waals surface area contributed by atoms with Crippen LogP contribution in [-0.2, 0) is 23.1 Å². The van der Waals surface area contributed by atoms with Gasteiger partial charge >= 0.3 is 6.03 Å². The van der Waals surface area contributed by atoms with E-state index < -0.39 is 47.5 Å². The van der Waals surface area contributed by atoms with Crippen LogP contribution in [0.3, 0.4) is 0 Å². The Morgan fingerprint density at radius 1 is 1.18 bits per heavy atom. The second kappa shape index (κ2) is 10.6. The number of β-lactam (4-membered cyclic amide) rings is 1. The molecule has 1 saturated heterocycles. The van der Waals surface area contributed by atoms with E-state index in [1.807, 2.05) is 0 Å². The lowest BCUT2D eigenvalue weighted by Gasteiger charge is -2.46. The van der Waals surface area contributed by atoms with Gasteiger partial charge in [0.15, 0.2) is 11.6 Å². The summed E-state index contributed by atoms with van der Waals surface area (Å²) >= 11 is 0. The zero-order valence-electron chi connectivity index (χ0n) is 21.5. The van der Waals surface area contributed by atoms with E-state index in [9.17, 15) is 23.2 Å². The first-order valence-electron chi connectivity index (χ1n) is 12.1. The van der Waals surface area contributed by atoms with Crippen molar-refractivity contribution < 1.29 is 23.2 Å². The number of nitrogen functional groups attached to an aromatic ring is 1. The van der Waals surface area contributed by atoms with Crippen LogP contribution < -0.4 is 16.0 Å². The number of hydrogen-bond acceptors (Lipinski definition) is 6. The lowest BCUT2D eigenvalue weighted by molar-refractivity contribution is -0.156. The Hall–Kier alpha value is -4.35. The number of carbonyl (C=O) groups is 3. The molecule has 200 valence electrons. The number of likely N-dealkylation sites (N-methyl/N-ethyl adjacent to an activating group) is 1. The molecule has 0 aliphatic carbocycles. The molecule has 4 rings (SSSR count). The highest BCUT2D eigenvalue weighted by molar-refractivity contribution is 6.12. The molecule has 3 atom stereocenters. The van der Waals surface area contributed by atoms with Crippen LogP contribution in [0.25, 0.3) is 0 Å². The number of urea groups is 1. The van der Waals surface area contributed by atoms with Gasteiger partial charge in [0.25, 0.3) is 5.91 Å². The van der Waals surface area contributed by atoms with E-state index in [1.54, 1.807) is 46.1 Å².